The lowest BCUT2D eigenvalue weighted by Gasteiger charge is -2.39. The molecule has 0 radical (unpaired) electrons. The molecule has 2 rings (SSSR count). The van der Waals surface area contributed by atoms with Crippen molar-refractivity contribution in [3.63, 3.8) is 0 Å². The average Bonchev–Trinajstić information content (AvgIpc) is 2.43. The third-order valence-electron chi connectivity index (χ3n) is 4.12. The van der Waals surface area contributed by atoms with Crippen molar-refractivity contribution in [3.8, 4) is 5.75 Å². The fourth-order valence-electron chi connectivity index (χ4n) is 2.40. The summed E-state index contributed by atoms with van der Waals surface area (Å²) < 4.78 is 5.72. The van der Waals surface area contributed by atoms with Crippen LogP contribution in [0.15, 0.2) is 18.2 Å². The quantitative estimate of drug-likeness (QED) is 0.900. The lowest BCUT2D eigenvalue weighted by molar-refractivity contribution is 0.132. The number of ether oxygens (including phenoxy) is 1. The number of hydrogen-bond donors (Lipinski definition) is 1. The molecule has 1 aliphatic rings. The standard InChI is InChI=1S/C15H22Cl2N2O/c1-15(18-2)5-7-19(8-6-15)9-10-20-14-4-3-12(16)11-13(14)17/h3-4,11,18H,5-10H2,1-2H3. The second-order valence-electron chi connectivity index (χ2n) is 5.58. The van der Waals surface area contributed by atoms with Gasteiger partial charge in [-0.25, -0.2) is 0 Å². The summed E-state index contributed by atoms with van der Waals surface area (Å²) >= 11 is 11.9. The van der Waals surface area contributed by atoms with Crippen LogP contribution in [0.2, 0.25) is 10.0 Å². The zero-order valence-electron chi connectivity index (χ0n) is 12.1. The van der Waals surface area contributed by atoms with Gasteiger partial charge in [-0.15, -0.1) is 0 Å². The van der Waals surface area contributed by atoms with Gasteiger partial charge >= 0.3 is 0 Å². The molecule has 1 N–H and O–H groups in total. The van der Waals surface area contributed by atoms with Crippen LogP contribution in [-0.4, -0.2) is 43.7 Å². The fourth-order valence-corrected chi connectivity index (χ4v) is 2.86. The van der Waals surface area contributed by atoms with Crippen LogP contribution in [0.25, 0.3) is 0 Å². The van der Waals surface area contributed by atoms with E-state index in [2.05, 4.69) is 17.1 Å². The molecule has 1 heterocycles. The molecule has 0 unspecified atom stereocenters. The number of piperidine rings is 1. The van der Waals surface area contributed by atoms with Crippen LogP contribution >= 0.6 is 23.2 Å². The van der Waals surface area contributed by atoms with Crippen molar-refractivity contribution in [2.24, 2.45) is 0 Å². The van der Waals surface area contributed by atoms with Gasteiger partial charge in [-0.3, -0.25) is 4.90 Å². The van der Waals surface area contributed by atoms with E-state index in [-0.39, 0.29) is 5.54 Å². The monoisotopic (exact) mass is 316 g/mol. The van der Waals surface area contributed by atoms with Crippen molar-refractivity contribution in [2.45, 2.75) is 25.3 Å². The molecule has 0 spiro atoms. The first-order valence-corrected chi connectivity index (χ1v) is 7.77. The van der Waals surface area contributed by atoms with Crippen molar-refractivity contribution in [2.75, 3.05) is 33.3 Å². The highest BCUT2D eigenvalue weighted by atomic mass is 35.5. The van der Waals surface area contributed by atoms with Crippen LogP contribution in [0.4, 0.5) is 0 Å². The first-order valence-electron chi connectivity index (χ1n) is 7.01. The Morgan fingerprint density at radius 3 is 2.60 bits per heavy atom. The largest absolute Gasteiger partial charge is 0.491 e. The van der Waals surface area contributed by atoms with Crippen LogP contribution in [0, 0.1) is 0 Å². The minimum absolute atomic E-state index is 0.289. The van der Waals surface area contributed by atoms with E-state index >= 15 is 0 Å². The second-order valence-corrected chi connectivity index (χ2v) is 6.42. The Kier molecular flexibility index (Phi) is 5.56. The normalized spacial score (nSPS) is 19.0. The number of rotatable bonds is 5. The number of hydrogen-bond acceptors (Lipinski definition) is 3. The summed E-state index contributed by atoms with van der Waals surface area (Å²) in [5.74, 6) is 0.702. The maximum atomic E-state index is 6.08. The van der Waals surface area contributed by atoms with Gasteiger partial charge in [-0.05, 0) is 45.0 Å². The SMILES string of the molecule is CNC1(C)CCN(CCOc2ccc(Cl)cc2Cl)CC1. The van der Waals surface area contributed by atoms with Crippen molar-refractivity contribution in [3.05, 3.63) is 28.2 Å². The molecule has 1 fully saturated rings. The van der Waals surface area contributed by atoms with E-state index in [1.807, 2.05) is 13.1 Å². The predicted octanol–water partition coefficient (Wildman–Crippen LogP) is 3.45. The van der Waals surface area contributed by atoms with Crippen LogP contribution in [0.1, 0.15) is 19.8 Å². The number of nitrogens with zero attached hydrogens (tertiary/aromatic N) is 1. The number of nitrogens with one attached hydrogen (secondary N) is 1. The third kappa shape index (κ3) is 4.26. The Balaban J connectivity index is 1.74. The van der Waals surface area contributed by atoms with E-state index in [1.54, 1.807) is 12.1 Å². The van der Waals surface area contributed by atoms with Gasteiger partial charge in [0.15, 0.2) is 0 Å². The zero-order valence-corrected chi connectivity index (χ0v) is 13.6. The van der Waals surface area contributed by atoms with Gasteiger partial charge < -0.3 is 10.1 Å². The van der Waals surface area contributed by atoms with Crippen LogP contribution < -0.4 is 10.1 Å². The zero-order chi connectivity index (χ0) is 14.6. The molecule has 0 bridgehead atoms. The summed E-state index contributed by atoms with van der Waals surface area (Å²) in [4.78, 5) is 2.43. The van der Waals surface area contributed by atoms with E-state index in [0.717, 1.165) is 19.6 Å². The van der Waals surface area contributed by atoms with Gasteiger partial charge in [-0.2, -0.15) is 0 Å². The minimum atomic E-state index is 0.289. The van der Waals surface area contributed by atoms with E-state index < -0.39 is 0 Å². The van der Waals surface area contributed by atoms with Crippen molar-refractivity contribution < 1.29 is 4.74 Å². The highest BCUT2D eigenvalue weighted by molar-refractivity contribution is 6.35. The molecular weight excluding hydrogens is 295 g/mol. The number of halogens is 2. The van der Waals surface area contributed by atoms with Crippen LogP contribution in [0.5, 0.6) is 5.75 Å². The molecule has 5 heteroatoms. The van der Waals surface area contributed by atoms with Crippen LogP contribution in [0.3, 0.4) is 0 Å². The topological polar surface area (TPSA) is 24.5 Å². The predicted molar refractivity (Wildman–Crippen MR) is 85.1 cm³/mol. The molecule has 1 aromatic rings. The Hall–Kier alpha value is -0.480. The van der Waals surface area contributed by atoms with Gasteiger partial charge in [0.2, 0.25) is 0 Å². The summed E-state index contributed by atoms with van der Waals surface area (Å²) in [6.07, 6.45) is 2.34. The Morgan fingerprint density at radius 1 is 1.30 bits per heavy atom. The van der Waals surface area contributed by atoms with E-state index in [0.29, 0.717) is 22.4 Å². The highest BCUT2D eigenvalue weighted by Gasteiger charge is 2.27. The molecule has 1 aromatic carbocycles. The fraction of sp³-hybridized carbons (Fsp3) is 0.600. The maximum absolute atomic E-state index is 6.08. The molecular formula is C15H22Cl2N2O. The van der Waals surface area contributed by atoms with Crippen LogP contribution in [-0.2, 0) is 0 Å². The molecule has 0 aromatic heterocycles. The highest BCUT2D eigenvalue weighted by Crippen LogP contribution is 2.27. The van der Waals surface area contributed by atoms with E-state index in [1.165, 1.54) is 12.8 Å². The Morgan fingerprint density at radius 2 is 2.00 bits per heavy atom. The lowest BCUT2D eigenvalue weighted by atomic mass is 9.90. The first-order chi connectivity index (χ1) is 9.52. The van der Waals surface area contributed by atoms with Gasteiger partial charge in [0.1, 0.15) is 12.4 Å². The third-order valence-corrected chi connectivity index (χ3v) is 4.65. The summed E-state index contributed by atoms with van der Waals surface area (Å²) in [5, 5.41) is 4.61. The molecule has 112 valence electrons. The average molecular weight is 317 g/mol. The molecule has 1 saturated heterocycles. The summed E-state index contributed by atoms with van der Waals surface area (Å²) in [6, 6.07) is 5.32. The summed E-state index contributed by atoms with van der Waals surface area (Å²) in [7, 11) is 2.04. The van der Waals surface area contributed by atoms with Crippen molar-refractivity contribution in [1.29, 1.82) is 0 Å². The Labute approximate surface area is 131 Å². The minimum Gasteiger partial charge on any atom is -0.491 e. The second kappa shape index (κ2) is 6.99. The van der Waals surface area contributed by atoms with Gasteiger partial charge in [-0.1, -0.05) is 23.2 Å². The van der Waals surface area contributed by atoms with Gasteiger partial charge in [0, 0.05) is 30.2 Å². The van der Waals surface area contributed by atoms with Crippen molar-refractivity contribution in [1.82, 2.24) is 10.2 Å². The molecule has 1 aliphatic heterocycles. The Bertz CT molecular complexity index is 445. The summed E-state index contributed by atoms with van der Waals surface area (Å²) in [5.41, 5.74) is 0.289. The molecule has 0 aliphatic carbocycles. The number of benzene rings is 1. The van der Waals surface area contributed by atoms with E-state index in [4.69, 9.17) is 27.9 Å². The molecule has 0 amide bonds. The molecule has 20 heavy (non-hydrogen) atoms. The first kappa shape index (κ1) is 15.9. The van der Waals surface area contributed by atoms with Crippen molar-refractivity contribution >= 4 is 23.2 Å². The lowest BCUT2D eigenvalue weighted by Crippen LogP contribution is -2.50. The number of likely N-dealkylation sites (tertiary alicyclic amines) is 1. The maximum Gasteiger partial charge on any atom is 0.138 e. The molecule has 0 saturated carbocycles. The molecule has 3 nitrogen and oxygen atoms in total. The summed E-state index contributed by atoms with van der Waals surface area (Å²) in [6.45, 7) is 6.08. The smallest absolute Gasteiger partial charge is 0.138 e. The van der Waals surface area contributed by atoms with Gasteiger partial charge in [0.25, 0.3) is 0 Å². The van der Waals surface area contributed by atoms with E-state index in [9.17, 15) is 0 Å². The van der Waals surface area contributed by atoms with Gasteiger partial charge in [0.05, 0.1) is 5.02 Å². The molecule has 0 atom stereocenters.